The summed E-state index contributed by atoms with van der Waals surface area (Å²) in [6.07, 6.45) is 6.73. The Labute approximate surface area is 181 Å². The van der Waals surface area contributed by atoms with E-state index in [-0.39, 0.29) is 29.6 Å². The zero-order valence-electron chi connectivity index (χ0n) is 18.3. The first-order chi connectivity index (χ1) is 14.7. The Bertz CT molecular complexity index is 1040. The molecule has 6 heteroatoms. The number of aromatic hydroxyl groups is 1. The van der Waals surface area contributed by atoms with Crippen molar-refractivity contribution in [3.8, 4) is 5.75 Å². The number of esters is 1. The Kier molecular flexibility index (Phi) is 8.55. The second kappa shape index (κ2) is 11.1. The minimum Gasteiger partial charge on any atom is -0.507 e. The maximum absolute atomic E-state index is 12.7. The van der Waals surface area contributed by atoms with Crippen LogP contribution in [0.25, 0.3) is 6.08 Å². The summed E-state index contributed by atoms with van der Waals surface area (Å²) < 4.78 is 9.90. The molecule has 31 heavy (non-hydrogen) atoms. The van der Waals surface area contributed by atoms with E-state index in [1.54, 1.807) is 19.1 Å². The lowest BCUT2D eigenvalue weighted by Crippen LogP contribution is -2.16. The molecule has 6 nitrogen and oxygen atoms in total. The molecular weight excluding hydrogens is 396 g/mol. The average Bonchev–Trinajstić information content (AvgIpc) is 2.73. The molecule has 0 amide bonds. The lowest BCUT2D eigenvalue weighted by atomic mass is 9.99. The van der Waals surface area contributed by atoms with Gasteiger partial charge in [-0.05, 0) is 43.9 Å². The molecule has 0 aliphatic rings. The van der Waals surface area contributed by atoms with Crippen LogP contribution < -0.4 is 5.63 Å². The minimum absolute atomic E-state index is 0.158. The molecule has 2 aromatic rings. The van der Waals surface area contributed by atoms with Gasteiger partial charge in [-0.1, -0.05) is 48.9 Å². The van der Waals surface area contributed by atoms with Crippen LogP contribution in [0, 0.1) is 6.92 Å². The number of benzene rings is 1. The Morgan fingerprint density at radius 1 is 1.19 bits per heavy atom. The summed E-state index contributed by atoms with van der Waals surface area (Å²) in [7, 11) is 1.33. The highest BCUT2D eigenvalue weighted by atomic mass is 16.5. The third kappa shape index (κ3) is 6.81. The first-order valence-corrected chi connectivity index (χ1v) is 10.1. The van der Waals surface area contributed by atoms with Crippen LogP contribution in [0.5, 0.6) is 5.75 Å². The van der Waals surface area contributed by atoms with E-state index in [9.17, 15) is 19.5 Å². The van der Waals surface area contributed by atoms with Gasteiger partial charge >= 0.3 is 11.6 Å². The number of carbonyl (C=O) groups excluding carboxylic acids is 2. The molecule has 0 saturated heterocycles. The lowest BCUT2D eigenvalue weighted by Gasteiger charge is -2.11. The molecular formula is C25H28O6. The summed E-state index contributed by atoms with van der Waals surface area (Å²) in [4.78, 5) is 36.3. The van der Waals surface area contributed by atoms with Crippen molar-refractivity contribution in [1.82, 2.24) is 0 Å². The van der Waals surface area contributed by atoms with Gasteiger partial charge in [0.25, 0.3) is 0 Å². The largest absolute Gasteiger partial charge is 0.507 e. The summed E-state index contributed by atoms with van der Waals surface area (Å²) in [5, 5.41) is 10.4. The quantitative estimate of drug-likeness (QED) is 0.265. The highest BCUT2D eigenvalue weighted by Gasteiger charge is 2.22. The van der Waals surface area contributed by atoms with E-state index in [1.807, 2.05) is 44.2 Å². The van der Waals surface area contributed by atoms with Gasteiger partial charge in [-0.2, -0.15) is 0 Å². The number of carbonyl (C=O) groups is 2. The monoisotopic (exact) mass is 424 g/mol. The number of ether oxygens (including phenoxy) is 1. The molecule has 0 spiro atoms. The molecule has 1 aromatic heterocycles. The Balaban J connectivity index is 2.12. The van der Waals surface area contributed by atoms with Crippen LogP contribution in [-0.4, -0.2) is 24.0 Å². The smallest absolute Gasteiger partial charge is 0.351 e. The van der Waals surface area contributed by atoms with Crippen molar-refractivity contribution in [3.63, 3.8) is 0 Å². The van der Waals surface area contributed by atoms with E-state index in [0.717, 1.165) is 11.1 Å². The topological polar surface area (TPSA) is 93.8 Å². The SMILES string of the molecule is COC(=O)C/C=C/CCC(C)c1cc(O)c(C(=O)C(C)=Cc2ccc(C)cc2)c(=O)o1. The zero-order chi connectivity index (χ0) is 23.0. The number of hydrogen-bond donors (Lipinski definition) is 1. The van der Waals surface area contributed by atoms with Crippen LogP contribution in [0.3, 0.4) is 0 Å². The molecule has 0 radical (unpaired) electrons. The Hall–Kier alpha value is -3.41. The predicted molar refractivity (Wildman–Crippen MR) is 119 cm³/mol. The number of aryl methyl sites for hydroxylation is 1. The van der Waals surface area contributed by atoms with Gasteiger partial charge in [-0.15, -0.1) is 0 Å². The van der Waals surface area contributed by atoms with Crippen LogP contribution in [0.2, 0.25) is 0 Å². The van der Waals surface area contributed by atoms with Crippen molar-refractivity contribution in [2.45, 2.75) is 46.0 Å². The second-order valence-corrected chi connectivity index (χ2v) is 7.49. The standard InChI is InChI=1S/C25H28O6/c1-16-10-12-19(13-11-16)14-18(3)24(28)23-20(26)15-21(31-25(23)29)17(2)8-6-5-7-9-22(27)30-4/h5,7,10-15,17,26H,6,8-9H2,1-4H3/b7-5+,18-14?. The summed E-state index contributed by atoms with van der Waals surface area (Å²) in [6.45, 7) is 5.42. The number of rotatable bonds is 9. The number of Topliss-reactive ketones (excluding diaryl/α,β-unsaturated/α-hetero) is 1. The molecule has 0 aliphatic carbocycles. The van der Waals surface area contributed by atoms with Crippen molar-refractivity contribution in [2.75, 3.05) is 7.11 Å². The zero-order valence-corrected chi connectivity index (χ0v) is 18.3. The van der Waals surface area contributed by atoms with Crippen molar-refractivity contribution in [3.05, 3.63) is 80.9 Å². The van der Waals surface area contributed by atoms with E-state index in [0.29, 0.717) is 24.2 Å². The second-order valence-electron chi connectivity index (χ2n) is 7.49. The molecule has 2 rings (SSSR count). The van der Waals surface area contributed by atoms with Crippen molar-refractivity contribution < 1.29 is 23.8 Å². The normalized spacial score (nSPS) is 12.7. The maximum Gasteiger partial charge on any atom is 0.351 e. The Morgan fingerprint density at radius 2 is 1.87 bits per heavy atom. The van der Waals surface area contributed by atoms with E-state index >= 15 is 0 Å². The molecule has 1 aromatic carbocycles. The number of allylic oxidation sites excluding steroid dienone is 2. The van der Waals surface area contributed by atoms with Gasteiger partial charge in [0, 0.05) is 12.0 Å². The number of ketones is 1. The van der Waals surface area contributed by atoms with E-state index in [4.69, 9.17) is 4.42 Å². The van der Waals surface area contributed by atoms with Gasteiger partial charge in [0.2, 0.25) is 0 Å². The van der Waals surface area contributed by atoms with E-state index in [2.05, 4.69) is 4.74 Å². The summed E-state index contributed by atoms with van der Waals surface area (Å²) >= 11 is 0. The third-order valence-electron chi connectivity index (χ3n) is 4.93. The van der Waals surface area contributed by atoms with Gasteiger partial charge in [-0.3, -0.25) is 9.59 Å². The fourth-order valence-corrected chi connectivity index (χ4v) is 3.00. The van der Waals surface area contributed by atoms with Gasteiger partial charge in [0.1, 0.15) is 17.1 Å². The van der Waals surface area contributed by atoms with Crippen LogP contribution in [0.4, 0.5) is 0 Å². The first-order valence-electron chi connectivity index (χ1n) is 10.1. The van der Waals surface area contributed by atoms with Gasteiger partial charge in [0.05, 0.1) is 13.5 Å². The lowest BCUT2D eigenvalue weighted by molar-refractivity contribution is -0.139. The molecule has 0 fully saturated rings. The van der Waals surface area contributed by atoms with Crippen LogP contribution >= 0.6 is 0 Å². The summed E-state index contributed by atoms with van der Waals surface area (Å²) in [5.41, 5.74) is 1.02. The fourth-order valence-electron chi connectivity index (χ4n) is 3.00. The molecule has 1 N–H and O–H groups in total. The fraction of sp³-hybridized carbons (Fsp3) is 0.320. The molecule has 1 heterocycles. The predicted octanol–water partition coefficient (Wildman–Crippen LogP) is 4.94. The highest BCUT2D eigenvalue weighted by molar-refractivity contribution is 6.12. The van der Waals surface area contributed by atoms with Crippen molar-refractivity contribution in [1.29, 1.82) is 0 Å². The van der Waals surface area contributed by atoms with Gasteiger partial charge < -0.3 is 14.3 Å². The maximum atomic E-state index is 12.7. The highest BCUT2D eigenvalue weighted by Crippen LogP contribution is 2.26. The molecule has 164 valence electrons. The molecule has 0 aliphatic heterocycles. The van der Waals surface area contributed by atoms with Crippen molar-refractivity contribution >= 4 is 17.8 Å². The van der Waals surface area contributed by atoms with Crippen molar-refractivity contribution in [2.24, 2.45) is 0 Å². The summed E-state index contributed by atoms with van der Waals surface area (Å²) in [6, 6.07) is 8.93. The first kappa shape index (κ1) is 23.9. The van der Waals surface area contributed by atoms with Gasteiger partial charge in [0.15, 0.2) is 5.78 Å². The van der Waals surface area contributed by atoms with Crippen LogP contribution in [0.1, 0.15) is 66.3 Å². The molecule has 1 atom stereocenters. The van der Waals surface area contributed by atoms with E-state index in [1.165, 1.54) is 13.2 Å². The Morgan fingerprint density at radius 3 is 2.48 bits per heavy atom. The number of methoxy groups -OCH3 is 1. The molecule has 1 unspecified atom stereocenters. The van der Waals surface area contributed by atoms with Crippen LogP contribution in [0.15, 0.2) is 57.3 Å². The molecule has 0 bridgehead atoms. The number of hydrogen-bond acceptors (Lipinski definition) is 6. The summed E-state index contributed by atoms with van der Waals surface area (Å²) in [5.74, 6) is -1.12. The van der Waals surface area contributed by atoms with Gasteiger partial charge in [-0.25, -0.2) is 4.79 Å². The minimum atomic E-state index is -0.857. The third-order valence-corrected chi connectivity index (χ3v) is 4.93. The van der Waals surface area contributed by atoms with Crippen LogP contribution in [-0.2, 0) is 9.53 Å². The van der Waals surface area contributed by atoms with E-state index < -0.39 is 11.4 Å². The average molecular weight is 424 g/mol. The molecule has 0 saturated carbocycles.